The molecule has 0 bridgehead atoms. The van der Waals surface area contributed by atoms with Gasteiger partial charge in [0.25, 0.3) is 0 Å². The second-order valence-corrected chi connectivity index (χ2v) is 6.39. The summed E-state index contributed by atoms with van der Waals surface area (Å²) in [6.45, 7) is 0. The number of H-pyrrole nitrogens is 1. The summed E-state index contributed by atoms with van der Waals surface area (Å²) in [5, 5.41) is 0.715. The van der Waals surface area contributed by atoms with Crippen molar-refractivity contribution in [2.45, 2.75) is 0 Å². The average molecular weight is 433 g/mol. The molecule has 0 fully saturated rings. The third-order valence-corrected chi connectivity index (χ3v) is 4.30. The van der Waals surface area contributed by atoms with Gasteiger partial charge in [-0.3, -0.25) is 0 Å². The van der Waals surface area contributed by atoms with Gasteiger partial charge >= 0.3 is 0 Å². The van der Waals surface area contributed by atoms with Crippen molar-refractivity contribution in [2.75, 3.05) is 0 Å². The molecule has 0 aliphatic carbocycles. The monoisotopic (exact) mass is 432 g/mol. The van der Waals surface area contributed by atoms with E-state index in [1.165, 1.54) is 0 Å². The largest absolute Gasteiger partial charge is 0.338 e. The Morgan fingerprint density at radius 2 is 2.00 bits per heavy atom. The number of nitrogens with zero attached hydrogens (tertiary/aromatic N) is 1. The van der Waals surface area contributed by atoms with Crippen molar-refractivity contribution in [2.24, 2.45) is 0 Å². The summed E-state index contributed by atoms with van der Waals surface area (Å²) in [6, 6.07) is 11.8. The maximum absolute atomic E-state index is 6.04. The molecule has 1 N–H and O–H groups in total. The van der Waals surface area contributed by atoms with E-state index in [4.69, 9.17) is 11.6 Å². The van der Waals surface area contributed by atoms with Crippen LogP contribution in [-0.2, 0) is 0 Å². The van der Waals surface area contributed by atoms with Crippen molar-refractivity contribution in [1.82, 2.24) is 9.97 Å². The highest BCUT2D eigenvalue weighted by Gasteiger charge is 2.09. The molecule has 0 unspecified atom stereocenters. The van der Waals surface area contributed by atoms with E-state index in [1.807, 2.05) is 36.4 Å². The maximum atomic E-state index is 6.04. The molecule has 0 amide bonds. The van der Waals surface area contributed by atoms with Crippen LogP contribution in [0.5, 0.6) is 0 Å². The summed E-state index contributed by atoms with van der Waals surface area (Å²) < 4.78 is 2.15. The summed E-state index contributed by atoms with van der Waals surface area (Å²) in [7, 11) is 0. The van der Waals surface area contributed by atoms with E-state index in [0.717, 1.165) is 30.5 Å². The summed E-state index contributed by atoms with van der Waals surface area (Å²) in [6.07, 6.45) is 0. The molecule has 0 aliphatic heterocycles. The number of aromatic nitrogens is 2. The van der Waals surface area contributed by atoms with Crippen molar-refractivity contribution in [3.05, 3.63) is 49.5 Å². The molecule has 3 rings (SSSR count). The number of hydrogen-bond donors (Lipinski definition) is 1. The first-order valence-corrected chi connectivity index (χ1v) is 7.49. The van der Waals surface area contributed by atoms with Crippen molar-refractivity contribution < 1.29 is 0 Å². The Hall–Kier alpha value is -0.590. The normalized spacial score (nSPS) is 11.1. The van der Waals surface area contributed by atoms with Crippen LogP contribution in [0.15, 0.2) is 40.9 Å². The van der Waals surface area contributed by atoms with Gasteiger partial charge in [0.15, 0.2) is 0 Å². The van der Waals surface area contributed by atoms with Crippen LogP contribution >= 0.6 is 50.1 Å². The van der Waals surface area contributed by atoms with Crippen LogP contribution in [0.25, 0.3) is 22.4 Å². The number of imidazole rings is 1. The van der Waals surface area contributed by atoms with Crippen LogP contribution in [0.2, 0.25) is 5.02 Å². The molecule has 18 heavy (non-hydrogen) atoms. The number of fused-ring (bicyclic) bond motifs is 1. The van der Waals surface area contributed by atoms with Gasteiger partial charge in [0.05, 0.1) is 11.0 Å². The Kier molecular flexibility index (Phi) is 3.34. The minimum Gasteiger partial charge on any atom is -0.338 e. The van der Waals surface area contributed by atoms with Gasteiger partial charge in [0, 0.05) is 18.6 Å². The molecule has 5 heteroatoms. The zero-order valence-electron chi connectivity index (χ0n) is 9.05. The minimum atomic E-state index is 0.715. The zero-order chi connectivity index (χ0) is 12.7. The first kappa shape index (κ1) is 12.4. The standard InChI is InChI=1S/C13H7BrClIN2/c14-7-1-4-11-12(5-7)18-13(17-11)9-6-8(15)2-3-10(9)16/h1-6H,(H,17,18). The van der Waals surface area contributed by atoms with Gasteiger partial charge in [-0.05, 0) is 59.0 Å². The topological polar surface area (TPSA) is 28.7 Å². The van der Waals surface area contributed by atoms with Gasteiger partial charge in [-0.25, -0.2) is 4.98 Å². The smallest absolute Gasteiger partial charge is 0.139 e. The summed E-state index contributed by atoms with van der Waals surface area (Å²) in [5.74, 6) is 0.843. The van der Waals surface area contributed by atoms with E-state index in [0.29, 0.717) is 5.02 Å². The number of halogens is 3. The number of rotatable bonds is 1. The van der Waals surface area contributed by atoms with Crippen LogP contribution in [-0.4, -0.2) is 9.97 Å². The van der Waals surface area contributed by atoms with E-state index in [1.54, 1.807) is 0 Å². The van der Waals surface area contributed by atoms with Gasteiger partial charge in [-0.15, -0.1) is 0 Å². The average Bonchev–Trinajstić information content (AvgIpc) is 2.74. The summed E-state index contributed by atoms with van der Waals surface area (Å²) >= 11 is 11.8. The molecular formula is C13H7BrClIN2. The Morgan fingerprint density at radius 1 is 1.17 bits per heavy atom. The van der Waals surface area contributed by atoms with Crippen molar-refractivity contribution >= 4 is 61.2 Å². The van der Waals surface area contributed by atoms with Crippen LogP contribution in [0.1, 0.15) is 0 Å². The van der Waals surface area contributed by atoms with E-state index in [-0.39, 0.29) is 0 Å². The molecule has 0 radical (unpaired) electrons. The number of benzene rings is 2. The molecule has 1 heterocycles. The maximum Gasteiger partial charge on any atom is 0.139 e. The van der Waals surface area contributed by atoms with Crippen LogP contribution < -0.4 is 0 Å². The van der Waals surface area contributed by atoms with Crippen LogP contribution in [0.4, 0.5) is 0 Å². The summed E-state index contributed by atoms with van der Waals surface area (Å²) in [4.78, 5) is 7.90. The molecule has 1 aromatic heterocycles. The molecule has 2 aromatic carbocycles. The van der Waals surface area contributed by atoms with Gasteiger partial charge in [-0.2, -0.15) is 0 Å². The number of aromatic amines is 1. The molecule has 90 valence electrons. The lowest BCUT2D eigenvalue weighted by Crippen LogP contribution is -1.84. The van der Waals surface area contributed by atoms with Crippen LogP contribution in [0, 0.1) is 3.57 Å². The molecular weight excluding hydrogens is 426 g/mol. The fraction of sp³-hybridized carbons (Fsp3) is 0. The van der Waals surface area contributed by atoms with Gasteiger partial charge in [0.2, 0.25) is 0 Å². The fourth-order valence-electron chi connectivity index (χ4n) is 1.79. The lowest BCUT2D eigenvalue weighted by atomic mass is 10.2. The second kappa shape index (κ2) is 4.83. The molecule has 0 saturated carbocycles. The Bertz CT molecular complexity index is 739. The Morgan fingerprint density at radius 3 is 2.83 bits per heavy atom. The molecule has 3 aromatic rings. The van der Waals surface area contributed by atoms with Crippen molar-refractivity contribution in [3.63, 3.8) is 0 Å². The van der Waals surface area contributed by atoms with E-state index in [9.17, 15) is 0 Å². The number of hydrogen-bond acceptors (Lipinski definition) is 1. The SMILES string of the molecule is Clc1ccc(I)c(-c2nc3ccc(Br)cc3[nH]2)c1. The number of nitrogens with one attached hydrogen (secondary N) is 1. The van der Waals surface area contributed by atoms with E-state index < -0.39 is 0 Å². The van der Waals surface area contributed by atoms with Crippen molar-refractivity contribution in [3.8, 4) is 11.4 Å². The fourth-order valence-corrected chi connectivity index (χ4v) is 2.91. The van der Waals surface area contributed by atoms with Crippen molar-refractivity contribution in [1.29, 1.82) is 0 Å². The Labute approximate surface area is 131 Å². The Balaban J connectivity index is 2.22. The highest BCUT2D eigenvalue weighted by atomic mass is 127. The second-order valence-electron chi connectivity index (χ2n) is 3.87. The highest BCUT2D eigenvalue weighted by Crippen LogP contribution is 2.28. The summed E-state index contributed by atoms with van der Waals surface area (Å²) in [5.41, 5.74) is 2.98. The van der Waals surface area contributed by atoms with Gasteiger partial charge in [0.1, 0.15) is 5.82 Å². The van der Waals surface area contributed by atoms with E-state index >= 15 is 0 Å². The zero-order valence-corrected chi connectivity index (χ0v) is 13.5. The molecule has 0 aliphatic rings. The van der Waals surface area contributed by atoms with Gasteiger partial charge in [-0.1, -0.05) is 27.5 Å². The first-order chi connectivity index (χ1) is 8.63. The molecule has 2 nitrogen and oxygen atoms in total. The molecule has 0 atom stereocenters. The van der Waals surface area contributed by atoms with Crippen LogP contribution in [0.3, 0.4) is 0 Å². The minimum absolute atomic E-state index is 0.715. The predicted molar refractivity (Wildman–Crippen MR) is 87.0 cm³/mol. The molecule has 0 spiro atoms. The molecule has 0 saturated heterocycles. The first-order valence-electron chi connectivity index (χ1n) is 5.24. The van der Waals surface area contributed by atoms with E-state index in [2.05, 4.69) is 48.5 Å². The third-order valence-electron chi connectivity index (χ3n) is 2.63. The lowest BCUT2D eigenvalue weighted by Gasteiger charge is -2.01. The quantitative estimate of drug-likeness (QED) is 0.522. The predicted octanol–water partition coefficient (Wildman–Crippen LogP) is 5.25. The third kappa shape index (κ3) is 2.29. The highest BCUT2D eigenvalue weighted by molar-refractivity contribution is 14.1. The van der Waals surface area contributed by atoms with Gasteiger partial charge < -0.3 is 4.98 Å². The lowest BCUT2D eigenvalue weighted by molar-refractivity contribution is 1.33.